The molecule has 2 aromatic carbocycles. The molecule has 0 aliphatic carbocycles. The molecular formula is C30H35F6NO3. The van der Waals surface area contributed by atoms with Gasteiger partial charge in [0.15, 0.2) is 6.29 Å². The van der Waals surface area contributed by atoms with E-state index >= 15 is 0 Å². The van der Waals surface area contributed by atoms with E-state index in [1.54, 1.807) is 0 Å². The minimum absolute atomic E-state index is 0.0387. The van der Waals surface area contributed by atoms with Gasteiger partial charge in [0.2, 0.25) is 0 Å². The van der Waals surface area contributed by atoms with Gasteiger partial charge in [0, 0.05) is 19.1 Å². The Morgan fingerprint density at radius 3 is 2.08 bits per heavy atom. The Balaban J connectivity index is 1.40. The molecule has 0 radical (unpaired) electrons. The summed E-state index contributed by atoms with van der Waals surface area (Å²) >= 11 is 0. The van der Waals surface area contributed by atoms with Crippen molar-refractivity contribution in [3.8, 4) is 0 Å². The van der Waals surface area contributed by atoms with Crippen LogP contribution in [-0.2, 0) is 26.6 Å². The summed E-state index contributed by atoms with van der Waals surface area (Å²) in [5.41, 5.74) is -2.04. The SMILES string of the molecule is CC1CCC2(CCN([C@@H]3CCO[C@H](O[C@H](C)c4cc(C(F)(F)F)cc(C(F)(F)F)c4)[C@@H]3c3ccccc3)CC2)O1. The van der Waals surface area contributed by atoms with E-state index in [0.29, 0.717) is 6.61 Å². The summed E-state index contributed by atoms with van der Waals surface area (Å²) in [6.45, 7) is 5.62. The van der Waals surface area contributed by atoms with E-state index in [4.69, 9.17) is 14.2 Å². The molecular weight excluding hydrogens is 536 g/mol. The average molecular weight is 572 g/mol. The third-order valence-corrected chi connectivity index (χ3v) is 8.64. The Morgan fingerprint density at radius 1 is 0.900 bits per heavy atom. The quantitative estimate of drug-likeness (QED) is 0.344. The van der Waals surface area contributed by atoms with E-state index in [9.17, 15) is 26.3 Å². The van der Waals surface area contributed by atoms with Crippen molar-refractivity contribution in [3.05, 3.63) is 70.8 Å². The normalized spacial score (nSPS) is 28.6. The molecule has 5 atom stereocenters. The predicted molar refractivity (Wildman–Crippen MR) is 137 cm³/mol. The van der Waals surface area contributed by atoms with Gasteiger partial charge in [-0.1, -0.05) is 30.3 Å². The van der Waals surface area contributed by atoms with Gasteiger partial charge in [-0.3, -0.25) is 4.90 Å². The molecule has 3 fully saturated rings. The van der Waals surface area contributed by atoms with Crippen molar-refractivity contribution in [1.82, 2.24) is 4.90 Å². The molecule has 3 heterocycles. The highest BCUT2D eigenvalue weighted by Crippen LogP contribution is 2.44. The molecule has 4 nitrogen and oxygen atoms in total. The lowest BCUT2D eigenvalue weighted by Crippen LogP contribution is -2.54. The highest BCUT2D eigenvalue weighted by atomic mass is 19.4. The summed E-state index contributed by atoms with van der Waals surface area (Å²) in [6.07, 6.45) is -6.83. The van der Waals surface area contributed by atoms with Crippen LogP contribution in [0.2, 0.25) is 0 Å². The van der Waals surface area contributed by atoms with Gasteiger partial charge in [0.1, 0.15) is 0 Å². The molecule has 3 aliphatic rings. The van der Waals surface area contributed by atoms with Gasteiger partial charge in [-0.2, -0.15) is 26.3 Å². The van der Waals surface area contributed by atoms with Gasteiger partial charge >= 0.3 is 12.4 Å². The lowest BCUT2D eigenvalue weighted by atomic mass is 9.82. The van der Waals surface area contributed by atoms with E-state index in [2.05, 4.69) is 11.8 Å². The van der Waals surface area contributed by atoms with Crippen LogP contribution in [0.25, 0.3) is 0 Å². The summed E-state index contributed by atoms with van der Waals surface area (Å²) in [5, 5.41) is 0. The van der Waals surface area contributed by atoms with Crippen LogP contribution < -0.4 is 0 Å². The summed E-state index contributed by atoms with van der Waals surface area (Å²) in [5.74, 6) is -0.275. The number of piperidine rings is 1. The second-order valence-corrected chi connectivity index (χ2v) is 11.3. The highest BCUT2D eigenvalue weighted by Gasteiger charge is 2.46. The topological polar surface area (TPSA) is 30.9 Å². The molecule has 3 saturated heterocycles. The highest BCUT2D eigenvalue weighted by molar-refractivity contribution is 5.35. The van der Waals surface area contributed by atoms with Gasteiger partial charge in [-0.05, 0) is 75.3 Å². The number of benzene rings is 2. The first-order valence-corrected chi connectivity index (χ1v) is 13.9. The van der Waals surface area contributed by atoms with E-state index in [1.807, 2.05) is 30.3 Å². The number of rotatable bonds is 5. The van der Waals surface area contributed by atoms with Gasteiger partial charge in [0.25, 0.3) is 0 Å². The molecule has 40 heavy (non-hydrogen) atoms. The van der Waals surface area contributed by atoms with Crippen LogP contribution in [0, 0.1) is 0 Å². The second kappa shape index (κ2) is 11.3. The zero-order chi connectivity index (χ0) is 28.7. The van der Waals surface area contributed by atoms with Crippen LogP contribution in [0.4, 0.5) is 26.3 Å². The zero-order valence-electron chi connectivity index (χ0n) is 22.6. The molecule has 0 amide bonds. The molecule has 5 rings (SSSR count). The van der Waals surface area contributed by atoms with Gasteiger partial charge in [-0.15, -0.1) is 0 Å². The standard InChI is InChI=1S/C30H35F6NO3/c1-19-8-10-28(40-19)11-13-37(14-12-28)25-9-15-38-27(26(25)21-6-4-3-5-7-21)39-20(2)22-16-23(29(31,32)33)18-24(17-22)30(34,35)36/h3-7,16-20,25-27H,8-15H2,1-2H3/t19?,20-,25-,26-,27-/m1/s1. The maximum Gasteiger partial charge on any atom is 0.416 e. The largest absolute Gasteiger partial charge is 0.416 e. The Hall–Kier alpha value is -2.14. The second-order valence-electron chi connectivity index (χ2n) is 11.3. The first-order valence-electron chi connectivity index (χ1n) is 13.9. The smallest absolute Gasteiger partial charge is 0.372 e. The number of halogens is 6. The maximum atomic E-state index is 13.5. The van der Waals surface area contributed by atoms with E-state index < -0.39 is 35.9 Å². The fourth-order valence-electron chi connectivity index (χ4n) is 6.49. The van der Waals surface area contributed by atoms with Crippen LogP contribution in [-0.4, -0.2) is 48.6 Å². The Labute approximate surface area is 230 Å². The molecule has 1 unspecified atom stereocenters. The van der Waals surface area contributed by atoms with Crippen molar-refractivity contribution in [1.29, 1.82) is 0 Å². The van der Waals surface area contributed by atoms with Crippen LogP contribution >= 0.6 is 0 Å². The molecule has 0 bridgehead atoms. The summed E-state index contributed by atoms with van der Waals surface area (Å²) < 4.78 is 99.4. The predicted octanol–water partition coefficient (Wildman–Crippen LogP) is 7.73. The molecule has 1 spiro atoms. The van der Waals surface area contributed by atoms with Crippen LogP contribution in [0.3, 0.4) is 0 Å². The lowest BCUT2D eigenvalue weighted by Gasteiger charge is -2.48. The number of hydrogen-bond acceptors (Lipinski definition) is 4. The molecule has 10 heteroatoms. The zero-order valence-corrected chi connectivity index (χ0v) is 22.6. The van der Waals surface area contributed by atoms with E-state index in [1.165, 1.54) is 6.92 Å². The fourth-order valence-corrected chi connectivity index (χ4v) is 6.49. The Morgan fingerprint density at radius 2 is 1.52 bits per heavy atom. The number of hydrogen-bond donors (Lipinski definition) is 0. The van der Waals surface area contributed by atoms with Crippen molar-refractivity contribution < 1.29 is 40.6 Å². The summed E-state index contributed by atoms with van der Waals surface area (Å²) in [4.78, 5) is 2.42. The summed E-state index contributed by atoms with van der Waals surface area (Å²) in [7, 11) is 0. The number of ether oxygens (including phenoxy) is 3. The first-order chi connectivity index (χ1) is 18.8. The van der Waals surface area contributed by atoms with E-state index in [0.717, 1.165) is 62.9 Å². The molecule has 0 aromatic heterocycles. The third-order valence-electron chi connectivity index (χ3n) is 8.64. The first kappa shape index (κ1) is 29.4. The van der Waals surface area contributed by atoms with Crippen molar-refractivity contribution in [2.75, 3.05) is 19.7 Å². The van der Waals surface area contributed by atoms with Crippen LogP contribution in [0.5, 0.6) is 0 Å². The monoisotopic (exact) mass is 571 g/mol. The molecule has 2 aromatic rings. The number of alkyl halides is 6. The Kier molecular flexibility index (Phi) is 8.27. The van der Waals surface area contributed by atoms with Crippen LogP contribution in [0.1, 0.15) is 80.2 Å². The lowest BCUT2D eigenvalue weighted by molar-refractivity contribution is -0.214. The Bertz CT molecular complexity index is 1110. The van der Waals surface area contributed by atoms with Crippen molar-refractivity contribution in [3.63, 3.8) is 0 Å². The average Bonchev–Trinajstić information content (AvgIpc) is 3.27. The minimum atomic E-state index is -4.93. The number of nitrogens with zero attached hydrogens (tertiary/aromatic N) is 1. The summed E-state index contributed by atoms with van der Waals surface area (Å²) in [6, 6.07) is 11.3. The molecule has 220 valence electrons. The van der Waals surface area contributed by atoms with Gasteiger partial charge in [-0.25, -0.2) is 0 Å². The van der Waals surface area contributed by atoms with Crippen LogP contribution in [0.15, 0.2) is 48.5 Å². The third kappa shape index (κ3) is 6.35. The fraction of sp³-hybridized carbons (Fsp3) is 0.600. The van der Waals surface area contributed by atoms with Crippen molar-refractivity contribution in [2.45, 2.75) is 94.4 Å². The van der Waals surface area contributed by atoms with Gasteiger partial charge < -0.3 is 14.2 Å². The molecule has 3 aliphatic heterocycles. The molecule has 0 N–H and O–H groups in total. The van der Waals surface area contributed by atoms with Crippen molar-refractivity contribution in [2.24, 2.45) is 0 Å². The van der Waals surface area contributed by atoms with Crippen molar-refractivity contribution >= 4 is 0 Å². The molecule has 0 saturated carbocycles. The number of likely N-dealkylation sites (tertiary alicyclic amines) is 1. The van der Waals surface area contributed by atoms with Gasteiger partial charge in [0.05, 0.1) is 41.5 Å². The van der Waals surface area contributed by atoms with E-state index in [-0.39, 0.29) is 35.3 Å². The minimum Gasteiger partial charge on any atom is -0.372 e. The maximum absolute atomic E-state index is 13.5.